The summed E-state index contributed by atoms with van der Waals surface area (Å²) in [5, 5.41) is 4.73. The highest BCUT2D eigenvalue weighted by molar-refractivity contribution is 14.1. The Morgan fingerprint density at radius 2 is 2.17 bits per heavy atom. The number of urea groups is 1. The lowest BCUT2D eigenvalue weighted by atomic mass is 10.3. The quantitative estimate of drug-likeness (QED) is 0.787. The molecule has 0 radical (unpaired) electrons. The van der Waals surface area contributed by atoms with E-state index in [0.29, 0.717) is 12.3 Å². The van der Waals surface area contributed by atoms with Gasteiger partial charge in [-0.25, -0.2) is 4.79 Å². The zero-order valence-corrected chi connectivity index (χ0v) is 12.2. The molecule has 0 saturated heterocycles. The van der Waals surface area contributed by atoms with Crippen molar-refractivity contribution in [3.05, 3.63) is 27.8 Å². The molecule has 0 atom stereocenters. The van der Waals surface area contributed by atoms with E-state index in [0.717, 1.165) is 9.99 Å². The first-order chi connectivity index (χ1) is 8.61. The van der Waals surface area contributed by atoms with Gasteiger partial charge in [0.05, 0.1) is 0 Å². The van der Waals surface area contributed by atoms with Gasteiger partial charge in [0.25, 0.3) is 5.91 Å². The fraction of sp³-hybridized carbons (Fsp3) is 0.333. The van der Waals surface area contributed by atoms with E-state index in [4.69, 9.17) is 4.74 Å². The Morgan fingerprint density at radius 3 is 2.83 bits per heavy atom. The lowest BCUT2D eigenvalue weighted by molar-refractivity contribution is -0.122. The largest absolute Gasteiger partial charge is 0.484 e. The summed E-state index contributed by atoms with van der Waals surface area (Å²) in [5.41, 5.74) is 0. The van der Waals surface area contributed by atoms with Crippen molar-refractivity contribution in [2.45, 2.75) is 13.3 Å². The molecule has 0 aliphatic heterocycles. The third-order valence-electron chi connectivity index (χ3n) is 1.95. The average molecular weight is 362 g/mol. The summed E-state index contributed by atoms with van der Waals surface area (Å²) in [6, 6.07) is 6.83. The summed E-state index contributed by atoms with van der Waals surface area (Å²) in [5.74, 6) is 0.133. The van der Waals surface area contributed by atoms with Crippen molar-refractivity contribution in [1.82, 2.24) is 10.6 Å². The van der Waals surface area contributed by atoms with Crippen LogP contribution in [0.5, 0.6) is 5.75 Å². The Kier molecular flexibility index (Phi) is 6.48. The van der Waals surface area contributed by atoms with Gasteiger partial charge in [0.2, 0.25) is 0 Å². The number of hydrogen-bond acceptors (Lipinski definition) is 3. The topological polar surface area (TPSA) is 67.4 Å². The van der Waals surface area contributed by atoms with Crippen LogP contribution in [-0.4, -0.2) is 25.1 Å². The summed E-state index contributed by atoms with van der Waals surface area (Å²) in [4.78, 5) is 22.6. The number of carbonyl (C=O) groups excluding carboxylic acids is 2. The highest BCUT2D eigenvalue weighted by Crippen LogP contribution is 2.14. The van der Waals surface area contributed by atoms with Gasteiger partial charge in [-0.3, -0.25) is 10.1 Å². The first kappa shape index (κ1) is 14.7. The summed E-state index contributed by atoms with van der Waals surface area (Å²) in [7, 11) is 0. The van der Waals surface area contributed by atoms with Gasteiger partial charge in [-0.05, 0) is 47.2 Å². The molecule has 1 aromatic rings. The zero-order valence-electron chi connectivity index (χ0n) is 10.0. The van der Waals surface area contributed by atoms with Crippen molar-refractivity contribution in [2.24, 2.45) is 0 Å². The first-order valence-electron chi connectivity index (χ1n) is 5.58. The number of hydrogen-bond donors (Lipinski definition) is 2. The van der Waals surface area contributed by atoms with Crippen LogP contribution in [0.1, 0.15) is 13.3 Å². The van der Waals surface area contributed by atoms with Gasteiger partial charge in [-0.15, -0.1) is 0 Å². The number of carbonyl (C=O) groups is 2. The third kappa shape index (κ3) is 5.85. The van der Waals surface area contributed by atoms with Gasteiger partial charge in [-0.2, -0.15) is 0 Å². The van der Waals surface area contributed by atoms with Gasteiger partial charge in [-0.1, -0.05) is 13.0 Å². The van der Waals surface area contributed by atoms with Crippen LogP contribution in [0.4, 0.5) is 4.79 Å². The van der Waals surface area contributed by atoms with Gasteiger partial charge in [0.1, 0.15) is 5.75 Å². The van der Waals surface area contributed by atoms with Gasteiger partial charge in [0, 0.05) is 10.1 Å². The maximum absolute atomic E-state index is 11.4. The van der Waals surface area contributed by atoms with Crippen LogP contribution in [0.2, 0.25) is 0 Å². The highest BCUT2D eigenvalue weighted by atomic mass is 127. The summed E-state index contributed by atoms with van der Waals surface area (Å²) < 4.78 is 6.28. The van der Waals surface area contributed by atoms with E-state index in [1.165, 1.54) is 0 Å². The second-order valence-corrected chi connectivity index (χ2v) is 4.80. The summed E-state index contributed by atoms with van der Waals surface area (Å²) in [6.07, 6.45) is 0.820. The lowest BCUT2D eigenvalue weighted by Crippen LogP contribution is -2.41. The fourth-order valence-corrected chi connectivity index (χ4v) is 1.67. The molecule has 98 valence electrons. The number of nitrogens with one attached hydrogen (secondary N) is 2. The van der Waals surface area contributed by atoms with Crippen molar-refractivity contribution in [1.29, 1.82) is 0 Å². The van der Waals surface area contributed by atoms with Crippen LogP contribution in [0.15, 0.2) is 24.3 Å². The van der Waals surface area contributed by atoms with Gasteiger partial charge >= 0.3 is 6.03 Å². The van der Waals surface area contributed by atoms with Crippen molar-refractivity contribution in [3.8, 4) is 5.75 Å². The molecule has 0 heterocycles. The highest BCUT2D eigenvalue weighted by Gasteiger charge is 2.07. The number of amides is 3. The van der Waals surface area contributed by atoms with Crippen LogP contribution in [0, 0.1) is 3.57 Å². The molecule has 0 unspecified atom stereocenters. The molecule has 0 bridgehead atoms. The van der Waals surface area contributed by atoms with Crippen molar-refractivity contribution in [2.75, 3.05) is 13.2 Å². The number of imide groups is 1. The van der Waals surface area contributed by atoms with E-state index >= 15 is 0 Å². The van der Waals surface area contributed by atoms with E-state index in [9.17, 15) is 9.59 Å². The van der Waals surface area contributed by atoms with Gasteiger partial charge < -0.3 is 10.1 Å². The molecule has 5 nitrogen and oxygen atoms in total. The molecule has 0 aliphatic carbocycles. The standard InChI is InChI=1S/C12H15IN2O3/c1-2-6-14-12(17)15-11(16)8-18-10-5-3-4-9(13)7-10/h3-5,7H,2,6,8H2,1H3,(H2,14,15,16,17). The second-order valence-electron chi connectivity index (χ2n) is 3.55. The van der Waals surface area contributed by atoms with Gasteiger partial charge in [0.15, 0.2) is 6.61 Å². The molecule has 1 aromatic carbocycles. The molecule has 0 aromatic heterocycles. The second kappa shape index (κ2) is 7.91. The van der Waals surface area contributed by atoms with Crippen LogP contribution >= 0.6 is 22.6 Å². The zero-order chi connectivity index (χ0) is 13.4. The Hall–Kier alpha value is -1.31. The predicted molar refractivity (Wildman–Crippen MR) is 76.5 cm³/mol. The SMILES string of the molecule is CCCNC(=O)NC(=O)COc1cccc(I)c1. The van der Waals surface area contributed by atoms with Crippen LogP contribution in [0.25, 0.3) is 0 Å². The number of rotatable bonds is 5. The molecular formula is C12H15IN2O3. The van der Waals surface area contributed by atoms with Crippen molar-refractivity contribution < 1.29 is 14.3 Å². The normalized spacial score (nSPS) is 9.67. The van der Waals surface area contributed by atoms with E-state index < -0.39 is 11.9 Å². The summed E-state index contributed by atoms with van der Waals surface area (Å²) >= 11 is 2.15. The van der Waals surface area contributed by atoms with Crippen molar-refractivity contribution in [3.63, 3.8) is 0 Å². The first-order valence-corrected chi connectivity index (χ1v) is 6.65. The number of halogens is 1. The Balaban J connectivity index is 2.31. The molecule has 6 heteroatoms. The molecule has 3 amide bonds. The minimum Gasteiger partial charge on any atom is -0.484 e. The van der Waals surface area contributed by atoms with E-state index in [-0.39, 0.29) is 6.61 Å². The molecular weight excluding hydrogens is 347 g/mol. The minimum absolute atomic E-state index is 0.181. The smallest absolute Gasteiger partial charge is 0.321 e. The summed E-state index contributed by atoms with van der Waals surface area (Å²) in [6.45, 7) is 2.29. The number of ether oxygens (including phenoxy) is 1. The molecule has 2 N–H and O–H groups in total. The van der Waals surface area contributed by atoms with E-state index in [1.54, 1.807) is 6.07 Å². The van der Waals surface area contributed by atoms with Crippen LogP contribution < -0.4 is 15.4 Å². The molecule has 0 fully saturated rings. The minimum atomic E-state index is -0.493. The predicted octanol–water partition coefficient (Wildman–Crippen LogP) is 1.91. The Morgan fingerprint density at radius 1 is 1.39 bits per heavy atom. The van der Waals surface area contributed by atoms with Crippen LogP contribution in [-0.2, 0) is 4.79 Å². The average Bonchev–Trinajstić information content (AvgIpc) is 2.34. The maximum Gasteiger partial charge on any atom is 0.321 e. The third-order valence-corrected chi connectivity index (χ3v) is 2.63. The van der Waals surface area contributed by atoms with E-state index in [1.807, 2.05) is 25.1 Å². The van der Waals surface area contributed by atoms with E-state index in [2.05, 4.69) is 33.2 Å². The molecule has 0 spiro atoms. The fourth-order valence-electron chi connectivity index (χ4n) is 1.15. The van der Waals surface area contributed by atoms with Crippen LogP contribution in [0.3, 0.4) is 0 Å². The molecule has 1 rings (SSSR count). The molecule has 0 saturated carbocycles. The lowest BCUT2D eigenvalue weighted by Gasteiger charge is -2.07. The molecule has 18 heavy (non-hydrogen) atoms. The van der Waals surface area contributed by atoms with Crippen molar-refractivity contribution >= 4 is 34.5 Å². The maximum atomic E-state index is 11.4. The molecule has 0 aliphatic rings. The Bertz CT molecular complexity index is 424. The monoisotopic (exact) mass is 362 g/mol. The number of benzene rings is 1. The Labute approximate surface area is 119 Å².